The molecule has 3 aromatic carbocycles. The van der Waals surface area contributed by atoms with Gasteiger partial charge < -0.3 is 5.32 Å². The van der Waals surface area contributed by atoms with Crippen LogP contribution < -0.4 is 5.32 Å². The van der Waals surface area contributed by atoms with Gasteiger partial charge in [0, 0.05) is 12.2 Å². The number of hydrogen-bond donors (Lipinski definition) is 1. The number of nitrogens with one attached hydrogen (secondary N) is 1. The van der Waals surface area contributed by atoms with E-state index < -0.39 is 10.0 Å². The fourth-order valence-electron chi connectivity index (χ4n) is 3.71. The molecular formula is C25H28N2O3S. The molecule has 0 radical (unpaired) electrons. The first kappa shape index (κ1) is 22.7. The highest BCUT2D eigenvalue weighted by atomic mass is 32.2. The lowest BCUT2D eigenvalue weighted by Gasteiger charge is -2.24. The van der Waals surface area contributed by atoms with Crippen LogP contribution in [0.4, 0.5) is 5.69 Å². The van der Waals surface area contributed by atoms with E-state index in [-0.39, 0.29) is 23.9 Å². The Morgan fingerprint density at radius 1 is 0.839 bits per heavy atom. The molecule has 31 heavy (non-hydrogen) atoms. The largest absolute Gasteiger partial charge is 0.325 e. The predicted molar refractivity (Wildman–Crippen MR) is 124 cm³/mol. The van der Waals surface area contributed by atoms with Crippen molar-refractivity contribution >= 4 is 21.6 Å². The van der Waals surface area contributed by atoms with Gasteiger partial charge in [0.1, 0.15) is 0 Å². The highest BCUT2D eigenvalue weighted by Gasteiger charge is 2.30. The topological polar surface area (TPSA) is 66.5 Å². The zero-order valence-corrected chi connectivity index (χ0v) is 19.2. The van der Waals surface area contributed by atoms with Crippen LogP contribution >= 0.6 is 0 Å². The standard InChI is InChI=1S/C25H28N2O3S/c1-18-10-12-22(13-11-18)16-27(17-24(28)26-23-8-6-5-7-9-23)31(29,30)25-20(3)14-19(2)15-21(25)4/h5-15H,16-17H2,1-4H3,(H,26,28). The van der Waals surface area contributed by atoms with Crippen LogP contribution in [0.15, 0.2) is 71.6 Å². The Labute approximate surface area is 184 Å². The van der Waals surface area contributed by atoms with Crippen molar-refractivity contribution in [1.82, 2.24) is 4.31 Å². The number of amides is 1. The summed E-state index contributed by atoms with van der Waals surface area (Å²) < 4.78 is 28.6. The van der Waals surface area contributed by atoms with E-state index in [1.165, 1.54) is 4.31 Å². The number of para-hydroxylation sites is 1. The summed E-state index contributed by atoms with van der Waals surface area (Å²) in [4.78, 5) is 13.0. The zero-order valence-electron chi connectivity index (χ0n) is 18.3. The molecule has 0 aliphatic carbocycles. The third-order valence-electron chi connectivity index (χ3n) is 5.06. The van der Waals surface area contributed by atoms with Gasteiger partial charge in [-0.1, -0.05) is 65.7 Å². The van der Waals surface area contributed by atoms with Crippen LogP contribution in [0.25, 0.3) is 0 Å². The molecule has 0 heterocycles. The molecule has 0 unspecified atom stereocenters. The summed E-state index contributed by atoms with van der Waals surface area (Å²) in [6, 6.07) is 20.4. The number of hydrogen-bond acceptors (Lipinski definition) is 3. The Hall–Kier alpha value is -2.96. The van der Waals surface area contributed by atoms with Crippen LogP contribution in [0.1, 0.15) is 27.8 Å². The summed E-state index contributed by atoms with van der Waals surface area (Å²) >= 11 is 0. The smallest absolute Gasteiger partial charge is 0.244 e. The molecule has 6 heteroatoms. The average Bonchev–Trinajstić information content (AvgIpc) is 2.69. The molecule has 0 bridgehead atoms. The maximum atomic E-state index is 13.7. The molecule has 1 N–H and O–H groups in total. The van der Waals surface area contributed by atoms with E-state index in [0.29, 0.717) is 16.8 Å². The Bertz CT molecular complexity index is 1150. The summed E-state index contributed by atoms with van der Waals surface area (Å²) in [6.45, 7) is 7.33. The quantitative estimate of drug-likeness (QED) is 0.581. The SMILES string of the molecule is Cc1ccc(CN(CC(=O)Nc2ccccc2)S(=O)(=O)c2c(C)cc(C)cc2C)cc1. The van der Waals surface area contributed by atoms with Crippen molar-refractivity contribution in [2.24, 2.45) is 0 Å². The normalized spacial score (nSPS) is 11.5. The lowest BCUT2D eigenvalue weighted by atomic mass is 10.1. The molecule has 0 aliphatic rings. The first-order valence-electron chi connectivity index (χ1n) is 10.2. The second kappa shape index (κ2) is 9.45. The van der Waals surface area contributed by atoms with Crippen molar-refractivity contribution in [3.8, 4) is 0 Å². The van der Waals surface area contributed by atoms with E-state index in [4.69, 9.17) is 0 Å². The Balaban J connectivity index is 1.96. The van der Waals surface area contributed by atoms with E-state index in [1.807, 2.05) is 68.4 Å². The number of nitrogens with zero attached hydrogens (tertiary/aromatic N) is 1. The number of carbonyl (C=O) groups is 1. The first-order valence-corrected chi connectivity index (χ1v) is 11.6. The van der Waals surface area contributed by atoms with E-state index in [1.54, 1.807) is 26.0 Å². The molecule has 5 nitrogen and oxygen atoms in total. The van der Waals surface area contributed by atoms with Crippen molar-refractivity contribution < 1.29 is 13.2 Å². The summed E-state index contributed by atoms with van der Waals surface area (Å²) in [5, 5.41) is 2.78. The molecule has 0 aromatic heterocycles. The predicted octanol–water partition coefficient (Wildman–Crippen LogP) is 4.75. The van der Waals surface area contributed by atoms with Crippen molar-refractivity contribution in [2.45, 2.75) is 39.1 Å². The summed E-state index contributed by atoms with van der Waals surface area (Å²) in [5.74, 6) is -0.385. The molecule has 3 rings (SSSR count). The van der Waals surface area contributed by atoms with Gasteiger partial charge in [-0.25, -0.2) is 8.42 Å². The minimum Gasteiger partial charge on any atom is -0.325 e. The monoisotopic (exact) mass is 436 g/mol. The van der Waals surface area contributed by atoms with Gasteiger partial charge in [0.05, 0.1) is 11.4 Å². The highest BCUT2D eigenvalue weighted by Crippen LogP contribution is 2.26. The van der Waals surface area contributed by atoms with E-state index >= 15 is 0 Å². The van der Waals surface area contributed by atoms with Gasteiger partial charge in [-0.15, -0.1) is 0 Å². The van der Waals surface area contributed by atoms with Gasteiger partial charge in [0.25, 0.3) is 0 Å². The van der Waals surface area contributed by atoms with Crippen LogP contribution in [0.3, 0.4) is 0 Å². The molecule has 162 valence electrons. The molecule has 0 fully saturated rings. The average molecular weight is 437 g/mol. The fourth-order valence-corrected chi connectivity index (χ4v) is 5.50. The molecule has 0 saturated heterocycles. The van der Waals surface area contributed by atoms with Gasteiger partial charge in [-0.2, -0.15) is 4.31 Å². The Morgan fingerprint density at radius 3 is 2.00 bits per heavy atom. The van der Waals surface area contributed by atoms with E-state index in [0.717, 1.165) is 16.7 Å². The number of sulfonamides is 1. The fraction of sp³-hybridized carbons (Fsp3) is 0.240. The Kier molecular flexibility index (Phi) is 6.93. The van der Waals surface area contributed by atoms with Crippen molar-refractivity contribution in [3.63, 3.8) is 0 Å². The van der Waals surface area contributed by atoms with E-state index in [9.17, 15) is 13.2 Å². The minimum absolute atomic E-state index is 0.109. The minimum atomic E-state index is -3.90. The Morgan fingerprint density at radius 2 is 1.42 bits per heavy atom. The first-order chi connectivity index (χ1) is 14.7. The lowest BCUT2D eigenvalue weighted by Crippen LogP contribution is -2.38. The second-order valence-electron chi connectivity index (χ2n) is 7.90. The van der Waals surface area contributed by atoms with Crippen LogP contribution in [0.5, 0.6) is 0 Å². The molecule has 3 aromatic rings. The summed E-state index contributed by atoms with van der Waals surface area (Å²) in [5.41, 5.74) is 4.89. The zero-order chi connectivity index (χ0) is 22.6. The third kappa shape index (κ3) is 5.60. The molecule has 0 atom stereocenters. The van der Waals surface area contributed by atoms with E-state index in [2.05, 4.69) is 5.32 Å². The number of carbonyl (C=O) groups excluding carboxylic acids is 1. The van der Waals surface area contributed by atoms with Crippen molar-refractivity contribution in [1.29, 1.82) is 0 Å². The lowest BCUT2D eigenvalue weighted by molar-refractivity contribution is -0.116. The van der Waals surface area contributed by atoms with Gasteiger partial charge in [0.2, 0.25) is 15.9 Å². The van der Waals surface area contributed by atoms with Crippen molar-refractivity contribution in [3.05, 3.63) is 94.5 Å². The van der Waals surface area contributed by atoms with Crippen molar-refractivity contribution in [2.75, 3.05) is 11.9 Å². The number of aryl methyl sites for hydroxylation is 4. The van der Waals surface area contributed by atoms with Gasteiger partial charge in [-0.3, -0.25) is 4.79 Å². The summed E-state index contributed by atoms with van der Waals surface area (Å²) in [6.07, 6.45) is 0. The maximum absolute atomic E-state index is 13.7. The molecule has 0 aliphatic heterocycles. The number of anilines is 1. The van der Waals surface area contributed by atoms with Gasteiger partial charge >= 0.3 is 0 Å². The van der Waals surface area contributed by atoms with Crippen LogP contribution in [0.2, 0.25) is 0 Å². The maximum Gasteiger partial charge on any atom is 0.244 e. The number of benzene rings is 3. The second-order valence-corrected chi connectivity index (χ2v) is 9.78. The van der Waals surface area contributed by atoms with Gasteiger partial charge in [0.15, 0.2) is 0 Å². The van der Waals surface area contributed by atoms with Gasteiger partial charge in [-0.05, 0) is 56.5 Å². The number of rotatable bonds is 7. The molecule has 0 saturated carbocycles. The van der Waals surface area contributed by atoms with Crippen LogP contribution in [-0.2, 0) is 21.4 Å². The molecular weight excluding hydrogens is 408 g/mol. The third-order valence-corrected chi connectivity index (χ3v) is 7.16. The molecule has 1 amide bonds. The summed E-state index contributed by atoms with van der Waals surface area (Å²) in [7, 11) is -3.90. The molecule has 0 spiro atoms. The highest BCUT2D eigenvalue weighted by molar-refractivity contribution is 7.89. The van der Waals surface area contributed by atoms with Crippen LogP contribution in [0, 0.1) is 27.7 Å². The van der Waals surface area contributed by atoms with Crippen LogP contribution in [-0.4, -0.2) is 25.2 Å².